The van der Waals surface area contributed by atoms with Crippen LogP contribution in [0.1, 0.15) is 80.0 Å². The van der Waals surface area contributed by atoms with Crippen LogP contribution < -0.4 is 10.6 Å². The molecule has 0 spiro atoms. The van der Waals surface area contributed by atoms with Gasteiger partial charge in [0, 0.05) is 33.0 Å². The Balaban J connectivity index is 1.05. The zero-order valence-corrected chi connectivity index (χ0v) is 33.8. The van der Waals surface area contributed by atoms with Gasteiger partial charge < -0.3 is 48.1 Å². The largest absolute Gasteiger partial charge is 0.444 e. The number of hydrogen-bond donors (Lipinski definition) is 2. The predicted octanol–water partition coefficient (Wildman–Crippen LogP) is 2.57. The smallest absolute Gasteiger partial charge is 0.410 e. The number of carbonyl (C=O) groups is 6. The number of amides is 6. The Morgan fingerprint density at radius 1 is 0.737 bits per heavy atom. The first kappa shape index (κ1) is 47.3. The van der Waals surface area contributed by atoms with Gasteiger partial charge in [0.2, 0.25) is 17.7 Å². The van der Waals surface area contributed by atoms with Gasteiger partial charge in [-0.15, -0.1) is 0 Å². The normalized spacial score (nSPS) is 15.5. The van der Waals surface area contributed by atoms with Crippen molar-refractivity contribution in [3.63, 3.8) is 0 Å². The number of benzene rings is 1. The van der Waals surface area contributed by atoms with Gasteiger partial charge in [0.15, 0.2) is 0 Å². The molecule has 57 heavy (non-hydrogen) atoms. The summed E-state index contributed by atoms with van der Waals surface area (Å²) in [4.78, 5) is 76.9. The van der Waals surface area contributed by atoms with Gasteiger partial charge in [-0.05, 0) is 52.2 Å². The second kappa shape index (κ2) is 26.1. The van der Waals surface area contributed by atoms with E-state index in [1.165, 1.54) is 11.0 Å². The Bertz CT molecular complexity index is 1450. The van der Waals surface area contributed by atoms with Gasteiger partial charge in [-0.2, -0.15) is 0 Å². The van der Waals surface area contributed by atoms with Crippen LogP contribution in [0.3, 0.4) is 0 Å². The van der Waals surface area contributed by atoms with Crippen molar-refractivity contribution in [3.05, 3.63) is 29.3 Å². The van der Waals surface area contributed by atoms with Crippen LogP contribution in [0, 0.1) is 0 Å². The number of likely N-dealkylation sites (N-methyl/N-ethyl adjacent to an activating group) is 1. The number of piperidine rings is 1. The molecule has 1 saturated heterocycles. The molecule has 0 aliphatic carbocycles. The maximum absolute atomic E-state index is 13.2. The summed E-state index contributed by atoms with van der Waals surface area (Å²) in [5, 5.41) is 4.90. The van der Waals surface area contributed by atoms with Gasteiger partial charge >= 0.3 is 6.09 Å². The van der Waals surface area contributed by atoms with E-state index in [0.29, 0.717) is 105 Å². The van der Waals surface area contributed by atoms with Gasteiger partial charge in [-0.25, -0.2) is 4.79 Å². The molecule has 18 heteroatoms. The topological polar surface area (TPSA) is 207 Å². The number of hydrogen-bond acceptors (Lipinski definition) is 14. The van der Waals surface area contributed by atoms with Crippen LogP contribution in [0.25, 0.3) is 0 Å². The fourth-order valence-electron chi connectivity index (χ4n) is 5.55. The zero-order chi connectivity index (χ0) is 41.5. The summed E-state index contributed by atoms with van der Waals surface area (Å²) in [6.07, 6.45) is 2.05. The minimum Gasteiger partial charge on any atom is -0.444 e. The molecule has 2 aliphatic heterocycles. The molecule has 1 unspecified atom stereocenters. The molecule has 2 aliphatic rings. The van der Waals surface area contributed by atoms with Crippen molar-refractivity contribution in [2.45, 2.75) is 70.9 Å². The molecule has 18 nitrogen and oxygen atoms in total. The van der Waals surface area contributed by atoms with Crippen molar-refractivity contribution in [1.29, 1.82) is 0 Å². The minimum atomic E-state index is -1.08. The highest BCUT2D eigenvalue weighted by molar-refractivity contribution is 6.26. The van der Waals surface area contributed by atoms with Crippen molar-refractivity contribution in [1.82, 2.24) is 15.1 Å². The van der Waals surface area contributed by atoms with Crippen LogP contribution in [-0.4, -0.2) is 163 Å². The fourth-order valence-corrected chi connectivity index (χ4v) is 5.55. The number of nitrogens with zero attached hydrogens (tertiary/aromatic N) is 2. The number of rotatable bonds is 29. The molecule has 3 rings (SSSR count). The molecule has 6 amide bonds. The standard InChI is InChI=1S/C39H60N4O14/c1-39(2,3)57-38(49)42(4)14-16-51-18-20-53-22-24-55-26-28-56-27-25-54-23-21-52-19-17-50-15-7-5-6-11-32(44)40-30-10-8-9-29-34(30)37(48)43(36(29)47)31-12-13-33(45)41-35(31)46/h8-10,31H,5-7,11-28H2,1-4H3,(H,40,44)(H,41,45,46). The summed E-state index contributed by atoms with van der Waals surface area (Å²) in [5.74, 6) is -2.73. The zero-order valence-electron chi connectivity index (χ0n) is 33.8. The SMILES string of the molecule is CN(CCOCCOCCOCCOCCOCCOCCOCCCCCC(=O)Nc1cccc2c1C(=O)N(C1CCC(=O)NC1=O)C2=O)C(=O)OC(C)(C)C. The number of carbonyl (C=O) groups excluding carboxylic acids is 6. The highest BCUT2D eigenvalue weighted by atomic mass is 16.6. The number of anilines is 1. The van der Waals surface area contributed by atoms with E-state index in [2.05, 4.69) is 10.6 Å². The van der Waals surface area contributed by atoms with E-state index >= 15 is 0 Å². The Morgan fingerprint density at radius 3 is 1.79 bits per heavy atom. The fraction of sp³-hybridized carbons (Fsp3) is 0.692. The second-order valence-corrected chi connectivity index (χ2v) is 14.2. The maximum atomic E-state index is 13.2. The lowest BCUT2D eigenvalue weighted by molar-refractivity contribution is -0.136. The second-order valence-electron chi connectivity index (χ2n) is 14.2. The van der Waals surface area contributed by atoms with E-state index in [-0.39, 0.29) is 48.1 Å². The lowest BCUT2D eigenvalue weighted by atomic mass is 10.0. The Kier molecular flexibility index (Phi) is 21.6. The van der Waals surface area contributed by atoms with Gasteiger partial charge in [0.25, 0.3) is 11.8 Å². The van der Waals surface area contributed by atoms with Crippen LogP contribution in [0.15, 0.2) is 18.2 Å². The molecule has 0 saturated carbocycles. The van der Waals surface area contributed by atoms with Gasteiger partial charge in [0.05, 0.1) is 103 Å². The average Bonchev–Trinajstić information content (AvgIpc) is 3.41. The molecule has 0 aromatic heterocycles. The van der Waals surface area contributed by atoms with Crippen LogP contribution >= 0.6 is 0 Å². The quantitative estimate of drug-likeness (QED) is 0.0882. The van der Waals surface area contributed by atoms with Crippen molar-refractivity contribution in [3.8, 4) is 0 Å². The van der Waals surface area contributed by atoms with Crippen molar-refractivity contribution < 1.29 is 66.7 Å². The highest BCUT2D eigenvalue weighted by Crippen LogP contribution is 2.32. The summed E-state index contributed by atoms with van der Waals surface area (Å²) >= 11 is 0. The molecule has 320 valence electrons. The molecule has 1 aromatic carbocycles. The van der Waals surface area contributed by atoms with E-state index in [4.69, 9.17) is 37.9 Å². The summed E-state index contributed by atoms with van der Waals surface area (Å²) in [5.41, 5.74) is -0.153. The first-order valence-corrected chi connectivity index (χ1v) is 19.5. The third kappa shape index (κ3) is 18.0. The van der Waals surface area contributed by atoms with Crippen molar-refractivity contribution in [2.24, 2.45) is 0 Å². The van der Waals surface area contributed by atoms with Crippen LogP contribution in [-0.2, 0) is 52.3 Å². The summed E-state index contributed by atoms with van der Waals surface area (Å²) in [7, 11) is 1.67. The Labute approximate surface area is 334 Å². The number of unbranched alkanes of at least 4 members (excludes halogenated alkanes) is 2. The molecule has 0 radical (unpaired) electrons. The summed E-state index contributed by atoms with van der Waals surface area (Å²) in [6, 6.07) is 3.52. The molecule has 1 atom stereocenters. The van der Waals surface area contributed by atoms with E-state index < -0.39 is 35.3 Å². The number of nitrogens with one attached hydrogen (secondary N) is 2. The summed E-state index contributed by atoms with van der Waals surface area (Å²) in [6.45, 7) is 12.2. The number of ether oxygens (including phenoxy) is 8. The molecule has 2 N–H and O–H groups in total. The van der Waals surface area contributed by atoms with Crippen molar-refractivity contribution in [2.75, 3.05) is 111 Å². The lowest BCUT2D eigenvalue weighted by Gasteiger charge is -2.27. The molecule has 1 fully saturated rings. The molecule has 2 heterocycles. The number of imide groups is 2. The van der Waals surface area contributed by atoms with Gasteiger partial charge in [0.1, 0.15) is 11.6 Å². The van der Waals surface area contributed by atoms with E-state index in [1.807, 2.05) is 20.8 Å². The molecular weight excluding hydrogens is 748 g/mol. The molecular formula is C39H60N4O14. The Morgan fingerprint density at radius 2 is 1.26 bits per heavy atom. The molecule has 1 aromatic rings. The first-order chi connectivity index (χ1) is 27.4. The van der Waals surface area contributed by atoms with Crippen LogP contribution in [0.5, 0.6) is 0 Å². The first-order valence-electron chi connectivity index (χ1n) is 19.5. The monoisotopic (exact) mass is 808 g/mol. The van der Waals surface area contributed by atoms with E-state index in [1.54, 1.807) is 19.2 Å². The summed E-state index contributed by atoms with van der Waals surface area (Å²) < 4.78 is 43.8. The number of fused-ring (bicyclic) bond motifs is 1. The van der Waals surface area contributed by atoms with E-state index in [9.17, 15) is 28.8 Å². The Hall–Kier alpha value is -4.04. The van der Waals surface area contributed by atoms with Crippen molar-refractivity contribution >= 4 is 41.3 Å². The lowest BCUT2D eigenvalue weighted by Crippen LogP contribution is -2.54. The maximum Gasteiger partial charge on any atom is 0.410 e. The average molecular weight is 809 g/mol. The van der Waals surface area contributed by atoms with Gasteiger partial charge in [-0.1, -0.05) is 12.5 Å². The predicted molar refractivity (Wildman–Crippen MR) is 205 cm³/mol. The van der Waals surface area contributed by atoms with Gasteiger partial charge in [-0.3, -0.25) is 34.2 Å². The molecule has 0 bridgehead atoms. The minimum absolute atomic E-state index is 0.0262. The van der Waals surface area contributed by atoms with Crippen LogP contribution in [0.2, 0.25) is 0 Å². The highest BCUT2D eigenvalue weighted by Gasteiger charge is 2.45. The van der Waals surface area contributed by atoms with Crippen LogP contribution in [0.4, 0.5) is 10.5 Å². The third-order valence-electron chi connectivity index (χ3n) is 8.44. The third-order valence-corrected chi connectivity index (χ3v) is 8.44. The van der Waals surface area contributed by atoms with E-state index in [0.717, 1.165) is 17.7 Å².